The van der Waals surface area contributed by atoms with Gasteiger partial charge < -0.3 is 25.0 Å². The summed E-state index contributed by atoms with van der Waals surface area (Å²) in [6.07, 6.45) is 2.26. The number of ether oxygens (including phenoxy) is 2. The number of nitrogens with one attached hydrogen (secondary N) is 2. The molecule has 0 bridgehead atoms. The van der Waals surface area contributed by atoms with Crippen molar-refractivity contribution in [1.29, 1.82) is 0 Å². The van der Waals surface area contributed by atoms with Crippen LogP contribution in [0.5, 0.6) is 5.75 Å². The number of amides is 1. The second kappa shape index (κ2) is 9.72. The first kappa shape index (κ1) is 23.1. The average molecular weight is 528 g/mol. The number of guanidine groups is 1. The number of halogens is 1. The summed E-state index contributed by atoms with van der Waals surface area (Å²) >= 11 is 0. The number of carbonyl (C=O) groups is 1. The molecular formula is C22H33IN4O3. The van der Waals surface area contributed by atoms with Gasteiger partial charge in [0.1, 0.15) is 5.75 Å². The minimum atomic E-state index is 0. The van der Waals surface area contributed by atoms with Crippen LogP contribution in [0, 0.1) is 11.3 Å². The van der Waals surface area contributed by atoms with Crippen LogP contribution in [0.15, 0.2) is 29.3 Å². The third-order valence-electron chi connectivity index (χ3n) is 6.35. The van der Waals surface area contributed by atoms with Crippen LogP contribution in [0.1, 0.15) is 33.6 Å². The van der Waals surface area contributed by atoms with E-state index in [4.69, 9.17) is 14.5 Å². The number of hydrogen-bond donors (Lipinski definition) is 2. The van der Waals surface area contributed by atoms with Gasteiger partial charge in [-0.15, -0.1) is 24.0 Å². The fourth-order valence-corrected chi connectivity index (χ4v) is 4.90. The summed E-state index contributed by atoms with van der Waals surface area (Å²) in [5, 5.41) is 7.00. The Morgan fingerprint density at radius 1 is 1.33 bits per heavy atom. The molecular weight excluding hydrogens is 495 g/mol. The SMILES string of the molecule is CCNC(=NCCCN1C(=O)COc2ccccc21)NC1C2CCOC2C1(C)C.I. The van der Waals surface area contributed by atoms with Gasteiger partial charge in [0.25, 0.3) is 5.91 Å². The molecule has 1 saturated heterocycles. The van der Waals surface area contributed by atoms with Gasteiger partial charge in [-0.25, -0.2) is 0 Å². The summed E-state index contributed by atoms with van der Waals surface area (Å²) < 4.78 is 11.4. The zero-order valence-corrected chi connectivity index (χ0v) is 20.3. The van der Waals surface area contributed by atoms with Gasteiger partial charge in [-0.3, -0.25) is 9.79 Å². The molecule has 8 heteroatoms. The Labute approximate surface area is 196 Å². The first-order valence-electron chi connectivity index (χ1n) is 10.7. The number of aliphatic imine (C=N–C) groups is 1. The molecule has 0 aromatic heterocycles. The molecule has 7 nitrogen and oxygen atoms in total. The first-order chi connectivity index (χ1) is 14.0. The van der Waals surface area contributed by atoms with Crippen molar-refractivity contribution in [1.82, 2.24) is 10.6 Å². The molecule has 1 aromatic rings. The normalized spacial score (nSPS) is 26.6. The Kier molecular flexibility index (Phi) is 7.49. The molecule has 1 aromatic carbocycles. The second-order valence-electron chi connectivity index (χ2n) is 8.60. The predicted octanol–water partition coefficient (Wildman–Crippen LogP) is 2.79. The van der Waals surface area contributed by atoms with Crippen LogP contribution in [-0.2, 0) is 9.53 Å². The summed E-state index contributed by atoms with van der Waals surface area (Å²) in [5.41, 5.74) is 0.961. The quantitative estimate of drug-likeness (QED) is 0.257. The van der Waals surface area contributed by atoms with E-state index in [0.29, 0.717) is 31.2 Å². The Morgan fingerprint density at radius 3 is 2.93 bits per heavy atom. The number of hydrogen-bond acceptors (Lipinski definition) is 4. The van der Waals surface area contributed by atoms with Crippen LogP contribution in [0.3, 0.4) is 0 Å². The molecule has 1 amide bonds. The molecule has 3 atom stereocenters. The minimum Gasteiger partial charge on any atom is -0.482 e. The Morgan fingerprint density at radius 2 is 2.13 bits per heavy atom. The highest BCUT2D eigenvalue weighted by Gasteiger charge is 2.59. The van der Waals surface area contributed by atoms with Crippen LogP contribution in [0.25, 0.3) is 0 Å². The van der Waals surface area contributed by atoms with Crippen molar-refractivity contribution in [3.05, 3.63) is 24.3 Å². The highest BCUT2D eigenvalue weighted by molar-refractivity contribution is 14.0. The van der Waals surface area contributed by atoms with Crippen LogP contribution >= 0.6 is 24.0 Å². The van der Waals surface area contributed by atoms with E-state index in [-0.39, 0.29) is 41.9 Å². The van der Waals surface area contributed by atoms with Gasteiger partial charge in [-0.2, -0.15) is 0 Å². The van der Waals surface area contributed by atoms with Crippen molar-refractivity contribution in [2.75, 3.05) is 37.7 Å². The number of benzene rings is 1. The van der Waals surface area contributed by atoms with Gasteiger partial charge in [0, 0.05) is 43.6 Å². The van der Waals surface area contributed by atoms with Crippen molar-refractivity contribution < 1.29 is 14.3 Å². The smallest absolute Gasteiger partial charge is 0.265 e. The summed E-state index contributed by atoms with van der Waals surface area (Å²) in [4.78, 5) is 18.9. The molecule has 0 spiro atoms. The lowest BCUT2D eigenvalue weighted by Gasteiger charge is -2.54. The lowest BCUT2D eigenvalue weighted by Crippen LogP contribution is -2.68. The second-order valence-corrected chi connectivity index (χ2v) is 8.60. The maximum Gasteiger partial charge on any atom is 0.265 e. The lowest BCUT2D eigenvalue weighted by atomic mass is 9.57. The van der Waals surface area contributed by atoms with Crippen molar-refractivity contribution in [2.24, 2.45) is 16.3 Å². The molecule has 1 saturated carbocycles. The van der Waals surface area contributed by atoms with E-state index in [9.17, 15) is 4.79 Å². The zero-order chi connectivity index (χ0) is 20.4. The molecule has 2 aliphatic heterocycles. The molecule has 2 N–H and O–H groups in total. The molecule has 4 rings (SSSR count). The number of rotatable bonds is 6. The van der Waals surface area contributed by atoms with Gasteiger partial charge in [0.15, 0.2) is 12.6 Å². The summed E-state index contributed by atoms with van der Waals surface area (Å²) in [7, 11) is 0. The van der Waals surface area contributed by atoms with Crippen molar-refractivity contribution in [2.45, 2.75) is 45.8 Å². The number of para-hydroxylation sites is 2. The highest BCUT2D eigenvalue weighted by atomic mass is 127. The van der Waals surface area contributed by atoms with E-state index in [0.717, 1.165) is 43.4 Å². The average Bonchev–Trinajstić information content (AvgIpc) is 3.17. The third kappa shape index (κ3) is 4.39. The van der Waals surface area contributed by atoms with Crippen LogP contribution < -0.4 is 20.3 Å². The molecule has 3 unspecified atom stereocenters. The topological polar surface area (TPSA) is 75.2 Å². The van der Waals surface area contributed by atoms with Gasteiger partial charge in [-0.1, -0.05) is 26.0 Å². The van der Waals surface area contributed by atoms with E-state index < -0.39 is 0 Å². The van der Waals surface area contributed by atoms with Gasteiger partial charge in [0.2, 0.25) is 0 Å². The van der Waals surface area contributed by atoms with Crippen molar-refractivity contribution in [3.63, 3.8) is 0 Å². The van der Waals surface area contributed by atoms with E-state index in [1.165, 1.54) is 0 Å². The third-order valence-corrected chi connectivity index (χ3v) is 6.35. The molecule has 2 fully saturated rings. The molecule has 2 heterocycles. The molecule has 0 radical (unpaired) electrons. The monoisotopic (exact) mass is 528 g/mol. The van der Waals surface area contributed by atoms with E-state index >= 15 is 0 Å². The number of carbonyl (C=O) groups excluding carboxylic acids is 1. The number of nitrogens with zero attached hydrogens (tertiary/aromatic N) is 2. The fourth-order valence-electron chi connectivity index (χ4n) is 4.90. The zero-order valence-electron chi connectivity index (χ0n) is 18.0. The fraction of sp³-hybridized carbons (Fsp3) is 0.636. The van der Waals surface area contributed by atoms with Crippen molar-refractivity contribution >= 4 is 41.5 Å². The van der Waals surface area contributed by atoms with Crippen LogP contribution in [0.4, 0.5) is 5.69 Å². The molecule has 30 heavy (non-hydrogen) atoms. The van der Waals surface area contributed by atoms with Gasteiger partial charge >= 0.3 is 0 Å². The predicted molar refractivity (Wildman–Crippen MR) is 129 cm³/mol. The summed E-state index contributed by atoms with van der Waals surface area (Å²) in [6, 6.07) is 8.06. The minimum absolute atomic E-state index is 0. The van der Waals surface area contributed by atoms with Crippen molar-refractivity contribution in [3.8, 4) is 5.75 Å². The molecule has 166 valence electrons. The standard InChI is InChI=1S/C22H32N4O3.HI/c1-4-23-21(25-19-15-10-13-28-20(15)22(19,2)3)24-11-7-12-26-16-8-5-6-9-17(16)29-14-18(26)27;/h5-6,8-9,15,19-20H,4,7,10-14H2,1-3H3,(H2,23,24,25);1H. The summed E-state index contributed by atoms with van der Waals surface area (Å²) in [6.45, 7) is 9.68. The highest BCUT2D eigenvalue weighted by Crippen LogP contribution is 2.52. The summed E-state index contributed by atoms with van der Waals surface area (Å²) in [5.74, 6) is 2.19. The Balaban J connectivity index is 0.00000256. The van der Waals surface area contributed by atoms with Crippen LogP contribution in [-0.4, -0.2) is 56.9 Å². The van der Waals surface area contributed by atoms with Crippen LogP contribution in [0.2, 0.25) is 0 Å². The number of anilines is 1. The van der Waals surface area contributed by atoms with E-state index in [1.54, 1.807) is 0 Å². The molecule has 3 aliphatic rings. The Hall–Kier alpha value is -1.55. The lowest BCUT2D eigenvalue weighted by molar-refractivity contribution is -0.121. The maximum atomic E-state index is 12.3. The first-order valence-corrected chi connectivity index (χ1v) is 10.7. The van der Waals surface area contributed by atoms with Gasteiger partial charge in [0.05, 0.1) is 11.8 Å². The number of fused-ring (bicyclic) bond motifs is 2. The van der Waals surface area contributed by atoms with E-state index in [2.05, 4.69) is 31.4 Å². The molecule has 1 aliphatic carbocycles. The maximum absolute atomic E-state index is 12.3. The Bertz CT molecular complexity index is 785. The largest absolute Gasteiger partial charge is 0.482 e. The van der Waals surface area contributed by atoms with Gasteiger partial charge in [-0.05, 0) is 31.9 Å². The van der Waals surface area contributed by atoms with E-state index in [1.807, 2.05) is 29.2 Å².